The number of amides is 1. The van der Waals surface area contributed by atoms with Crippen molar-refractivity contribution < 1.29 is 23.1 Å². The van der Waals surface area contributed by atoms with Gasteiger partial charge in [-0.2, -0.15) is 0 Å². The zero-order valence-corrected chi connectivity index (χ0v) is 18.1. The molecule has 168 valence electrons. The quantitative estimate of drug-likeness (QED) is 0.507. The third kappa shape index (κ3) is 4.10. The summed E-state index contributed by atoms with van der Waals surface area (Å²) >= 11 is 5.64. The average molecular weight is 469 g/mol. The third-order valence-corrected chi connectivity index (χ3v) is 6.17. The van der Waals surface area contributed by atoms with Crippen LogP contribution in [0.4, 0.5) is 4.39 Å². The molecule has 0 unspecified atom stereocenters. The molecule has 0 atom stereocenters. The second-order valence-corrected chi connectivity index (χ2v) is 8.75. The Morgan fingerprint density at radius 1 is 1.21 bits per heavy atom. The summed E-state index contributed by atoms with van der Waals surface area (Å²) in [7, 11) is 0. The Morgan fingerprint density at radius 3 is 2.79 bits per heavy atom. The lowest BCUT2D eigenvalue weighted by Crippen LogP contribution is -2.77. The topological polar surface area (TPSA) is 99.4 Å². The SMILES string of the molecule is C#Cc1cncc(OCc2nnc(C34CC(NC(=O)COc5ccc(Cl)c(F)c5)(C3)C4)o2)c1. The summed E-state index contributed by atoms with van der Waals surface area (Å²) in [6.45, 7) is -0.114. The monoisotopic (exact) mass is 468 g/mol. The molecule has 2 aromatic heterocycles. The van der Waals surface area contributed by atoms with Crippen LogP contribution in [0.15, 0.2) is 41.1 Å². The Bertz CT molecular complexity index is 1250. The van der Waals surface area contributed by atoms with E-state index in [2.05, 4.69) is 26.4 Å². The molecule has 0 spiro atoms. The highest BCUT2D eigenvalue weighted by Crippen LogP contribution is 2.67. The van der Waals surface area contributed by atoms with Crippen molar-refractivity contribution >= 4 is 17.5 Å². The Hall–Kier alpha value is -3.64. The molecule has 3 saturated carbocycles. The van der Waals surface area contributed by atoms with Gasteiger partial charge in [0.2, 0.25) is 5.89 Å². The lowest BCUT2D eigenvalue weighted by Gasteiger charge is -2.68. The number of nitrogens with one attached hydrogen (secondary N) is 1. The van der Waals surface area contributed by atoms with Gasteiger partial charge in [0.15, 0.2) is 13.2 Å². The molecule has 2 heterocycles. The Morgan fingerprint density at radius 2 is 2.03 bits per heavy atom. The van der Waals surface area contributed by atoms with E-state index in [1.54, 1.807) is 18.5 Å². The van der Waals surface area contributed by atoms with Crippen molar-refractivity contribution in [3.63, 3.8) is 0 Å². The molecule has 3 aliphatic carbocycles. The molecule has 0 radical (unpaired) electrons. The van der Waals surface area contributed by atoms with Gasteiger partial charge in [0, 0.05) is 23.4 Å². The van der Waals surface area contributed by atoms with Crippen LogP contribution in [0, 0.1) is 18.2 Å². The average Bonchev–Trinajstić information content (AvgIpc) is 3.23. The molecule has 3 aliphatic rings. The number of terminal acetylenes is 1. The largest absolute Gasteiger partial charge is 0.484 e. The normalized spacial score (nSPS) is 22.5. The summed E-state index contributed by atoms with van der Waals surface area (Å²) in [6, 6.07) is 5.73. The molecule has 2 bridgehead atoms. The van der Waals surface area contributed by atoms with Crippen molar-refractivity contribution in [1.29, 1.82) is 0 Å². The molecular formula is C23H18ClFN4O4. The fraction of sp³-hybridized carbons (Fsp3) is 0.304. The zero-order chi connectivity index (χ0) is 23.1. The van der Waals surface area contributed by atoms with Gasteiger partial charge >= 0.3 is 0 Å². The van der Waals surface area contributed by atoms with E-state index in [9.17, 15) is 9.18 Å². The van der Waals surface area contributed by atoms with Crippen molar-refractivity contribution in [1.82, 2.24) is 20.5 Å². The van der Waals surface area contributed by atoms with Crippen LogP contribution in [-0.2, 0) is 16.8 Å². The van der Waals surface area contributed by atoms with Crippen LogP contribution in [0.2, 0.25) is 5.02 Å². The van der Waals surface area contributed by atoms with Gasteiger partial charge in [0.05, 0.1) is 16.6 Å². The molecule has 3 fully saturated rings. The van der Waals surface area contributed by atoms with Gasteiger partial charge < -0.3 is 19.2 Å². The number of aromatic nitrogens is 3. The number of carbonyl (C=O) groups is 1. The van der Waals surface area contributed by atoms with Crippen LogP contribution < -0.4 is 14.8 Å². The molecular weight excluding hydrogens is 451 g/mol. The first-order valence-corrected chi connectivity index (χ1v) is 10.5. The number of hydrogen-bond acceptors (Lipinski definition) is 7. The van der Waals surface area contributed by atoms with E-state index in [1.165, 1.54) is 12.1 Å². The molecule has 6 rings (SSSR count). The minimum absolute atomic E-state index is 0.00295. The van der Waals surface area contributed by atoms with E-state index in [0.717, 1.165) is 6.07 Å². The van der Waals surface area contributed by atoms with Gasteiger partial charge in [-0.25, -0.2) is 4.39 Å². The van der Waals surface area contributed by atoms with E-state index in [-0.39, 0.29) is 40.8 Å². The van der Waals surface area contributed by atoms with Crippen molar-refractivity contribution in [3.8, 4) is 23.8 Å². The summed E-state index contributed by atoms with van der Waals surface area (Å²) in [4.78, 5) is 16.3. The number of benzene rings is 1. The number of nitrogens with zero attached hydrogens (tertiary/aromatic N) is 3. The smallest absolute Gasteiger partial charge is 0.258 e. The minimum atomic E-state index is -0.599. The maximum Gasteiger partial charge on any atom is 0.258 e. The number of carbonyl (C=O) groups excluding carboxylic acids is 1. The first kappa shape index (κ1) is 21.2. The number of pyridine rings is 1. The van der Waals surface area contributed by atoms with Crippen LogP contribution >= 0.6 is 11.6 Å². The highest BCUT2D eigenvalue weighted by atomic mass is 35.5. The summed E-state index contributed by atoms with van der Waals surface area (Å²) in [5.41, 5.74) is 0.104. The van der Waals surface area contributed by atoms with Gasteiger partial charge in [-0.1, -0.05) is 17.5 Å². The van der Waals surface area contributed by atoms with Crippen molar-refractivity contribution in [2.24, 2.45) is 0 Å². The molecule has 0 aliphatic heterocycles. The fourth-order valence-electron chi connectivity index (χ4n) is 4.44. The van der Waals surface area contributed by atoms with E-state index in [4.69, 9.17) is 31.9 Å². The van der Waals surface area contributed by atoms with Crippen molar-refractivity contribution in [2.45, 2.75) is 36.8 Å². The lowest BCUT2D eigenvalue weighted by molar-refractivity contribution is -0.143. The Kier molecular flexibility index (Phi) is 5.17. The molecule has 1 aromatic carbocycles. The van der Waals surface area contributed by atoms with Gasteiger partial charge in [-0.05, 0) is 37.5 Å². The van der Waals surface area contributed by atoms with Crippen LogP contribution in [0.1, 0.15) is 36.6 Å². The van der Waals surface area contributed by atoms with E-state index in [1.807, 2.05) is 0 Å². The summed E-state index contributed by atoms with van der Waals surface area (Å²) in [5.74, 6) is 3.27. The van der Waals surface area contributed by atoms with E-state index >= 15 is 0 Å². The molecule has 10 heteroatoms. The van der Waals surface area contributed by atoms with Gasteiger partial charge in [0.1, 0.15) is 17.3 Å². The van der Waals surface area contributed by atoms with Crippen LogP contribution in [0.5, 0.6) is 11.5 Å². The second kappa shape index (κ2) is 8.05. The predicted molar refractivity (Wildman–Crippen MR) is 114 cm³/mol. The minimum Gasteiger partial charge on any atom is -0.484 e. The summed E-state index contributed by atoms with van der Waals surface area (Å²) in [6.07, 6.45) is 10.6. The van der Waals surface area contributed by atoms with Crippen LogP contribution in [-0.4, -0.2) is 33.2 Å². The molecule has 8 nitrogen and oxygen atoms in total. The molecule has 0 saturated heterocycles. The van der Waals surface area contributed by atoms with Gasteiger partial charge in [-0.3, -0.25) is 9.78 Å². The van der Waals surface area contributed by atoms with Gasteiger partial charge in [0.25, 0.3) is 11.8 Å². The first-order chi connectivity index (χ1) is 15.9. The number of ether oxygens (including phenoxy) is 2. The summed E-state index contributed by atoms with van der Waals surface area (Å²) in [5, 5.41) is 11.2. The van der Waals surface area contributed by atoms with Crippen molar-refractivity contribution in [3.05, 3.63) is 64.8 Å². The molecule has 33 heavy (non-hydrogen) atoms. The molecule has 1 amide bonds. The lowest BCUT2D eigenvalue weighted by atomic mass is 9.39. The highest BCUT2D eigenvalue weighted by molar-refractivity contribution is 6.30. The maximum atomic E-state index is 13.5. The van der Waals surface area contributed by atoms with Gasteiger partial charge in [-0.15, -0.1) is 16.6 Å². The summed E-state index contributed by atoms with van der Waals surface area (Å²) < 4.78 is 30.2. The fourth-order valence-corrected chi connectivity index (χ4v) is 4.56. The third-order valence-electron chi connectivity index (χ3n) is 5.86. The molecule has 1 N–H and O–H groups in total. The van der Waals surface area contributed by atoms with Crippen LogP contribution in [0.3, 0.4) is 0 Å². The van der Waals surface area contributed by atoms with Crippen LogP contribution in [0.25, 0.3) is 0 Å². The maximum absolute atomic E-state index is 13.5. The molecule has 3 aromatic rings. The standard InChI is InChI=1S/C23H18ClFN4O4/c1-2-14-5-16(8-26-7-14)32-10-20-28-29-21(33-20)22-11-23(12-22,13-22)27-19(30)9-31-15-3-4-17(24)18(25)6-15/h1,3-8H,9-13H2,(H,27,30). The highest BCUT2D eigenvalue weighted by Gasteiger charge is 2.71. The second-order valence-electron chi connectivity index (χ2n) is 8.35. The number of halogens is 2. The van der Waals surface area contributed by atoms with Crippen molar-refractivity contribution in [2.75, 3.05) is 6.61 Å². The Labute approximate surface area is 193 Å². The number of hydrogen-bond donors (Lipinski definition) is 1. The van der Waals surface area contributed by atoms with E-state index < -0.39 is 5.82 Å². The zero-order valence-electron chi connectivity index (χ0n) is 17.3. The first-order valence-electron chi connectivity index (χ1n) is 10.1. The number of rotatable bonds is 8. The predicted octanol–water partition coefficient (Wildman–Crippen LogP) is 3.19. The Balaban J connectivity index is 1.10. The van der Waals surface area contributed by atoms with E-state index in [0.29, 0.717) is 42.4 Å².